The summed E-state index contributed by atoms with van der Waals surface area (Å²) in [5, 5.41) is 0. The van der Waals surface area contributed by atoms with Crippen molar-refractivity contribution in [1.82, 2.24) is 0 Å². The van der Waals surface area contributed by atoms with Gasteiger partial charge in [0.25, 0.3) is 0 Å². The number of thiol groups is 3. The molecule has 54 valence electrons. The second-order valence-corrected chi connectivity index (χ2v) is 4.20. The van der Waals surface area contributed by atoms with Crippen molar-refractivity contribution in [3.63, 3.8) is 0 Å². The molecular weight excluding hydrogens is 283 g/mol. The van der Waals surface area contributed by atoms with Crippen LogP contribution in [0.5, 0.6) is 0 Å². The molecule has 0 atom stereocenters. The minimum absolute atomic E-state index is 0. The molecule has 0 aliphatic heterocycles. The summed E-state index contributed by atoms with van der Waals surface area (Å²) in [4.78, 5) is 10.4. The van der Waals surface area contributed by atoms with Gasteiger partial charge in [0.1, 0.15) is 0 Å². The van der Waals surface area contributed by atoms with Gasteiger partial charge in [-0.25, -0.2) is 4.79 Å². The first-order chi connectivity index (χ1) is 3.48. The number of carbonyl (C=O) groups is 1. The van der Waals surface area contributed by atoms with Crippen molar-refractivity contribution < 1.29 is 9.53 Å². The molecule has 0 N–H and O–H groups in total. The fourth-order valence-corrected chi connectivity index (χ4v) is 0.411. The molecule has 0 aromatic rings. The van der Waals surface area contributed by atoms with E-state index in [0.717, 1.165) is 0 Å². The zero-order valence-electron chi connectivity index (χ0n) is 4.87. The van der Waals surface area contributed by atoms with Crippen molar-refractivity contribution in [2.75, 3.05) is 7.11 Å². The van der Waals surface area contributed by atoms with Crippen LogP contribution >= 0.6 is 37.9 Å². The second kappa shape index (κ2) is 5.03. The summed E-state index contributed by atoms with van der Waals surface area (Å²) in [6.07, 6.45) is 0. The van der Waals surface area contributed by atoms with Gasteiger partial charge in [0.15, 0.2) is 3.41 Å². The molecule has 0 saturated heterocycles. The molecule has 0 aromatic heterocycles. The summed E-state index contributed by atoms with van der Waals surface area (Å²) in [5.41, 5.74) is 0. The number of methoxy groups -OCH3 is 1. The number of carbonyl (C=O) groups excluding carboxylic acids is 1. The van der Waals surface area contributed by atoms with E-state index in [2.05, 4.69) is 42.6 Å². The van der Waals surface area contributed by atoms with Crippen LogP contribution in [0.1, 0.15) is 0 Å². The second-order valence-electron chi connectivity index (χ2n) is 1.13. The van der Waals surface area contributed by atoms with Crippen molar-refractivity contribution >= 4 is 67.8 Å². The molecule has 0 amide bonds. The molecule has 0 heterocycles. The van der Waals surface area contributed by atoms with Gasteiger partial charge in [-0.3, -0.25) is 0 Å². The maximum absolute atomic E-state index is 10.4. The van der Waals surface area contributed by atoms with Gasteiger partial charge in [-0.15, -0.1) is 37.9 Å². The van der Waals surface area contributed by atoms with E-state index in [4.69, 9.17) is 0 Å². The Labute approximate surface area is 87.3 Å². The predicted molar refractivity (Wildman–Crippen MR) is 50.2 cm³/mol. The topological polar surface area (TPSA) is 26.3 Å². The fraction of sp³-hybridized carbons (Fsp3) is 0.667. The molecule has 0 bridgehead atoms. The first-order valence-corrected chi connectivity index (χ1v) is 3.08. The Morgan fingerprint density at radius 3 is 1.78 bits per heavy atom. The summed E-state index contributed by atoms with van der Waals surface area (Å²) in [5.74, 6) is -0.576. The van der Waals surface area contributed by atoms with Gasteiger partial charge >= 0.3 is 29.9 Å². The van der Waals surface area contributed by atoms with Gasteiger partial charge in [0.05, 0.1) is 7.11 Å². The molecule has 9 heavy (non-hydrogen) atoms. The van der Waals surface area contributed by atoms with Crippen molar-refractivity contribution in [3.05, 3.63) is 0 Å². The van der Waals surface area contributed by atoms with Crippen molar-refractivity contribution in [3.8, 4) is 0 Å². The van der Waals surface area contributed by atoms with E-state index in [1.807, 2.05) is 0 Å². The Balaban J connectivity index is 0. The molecule has 6 heteroatoms. The third-order valence-electron chi connectivity index (χ3n) is 0.459. The monoisotopic (exact) mass is 292 g/mol. The predicted octanol–water partition coefficient (Wildman–Crippen LogP) is -0.314. The average molecular weight is 291 g/mol. The van der Waals surface area contributed by atoms with Crippen LogP contribution in [-0.4, -0.2) is 40.4 Å². The van der Waals surface area contributed by atoms with E-state index in [-0.39, 0.29) is 23.9 Å². The number of ether oxygens (including phenoxy) is 1. The Morgan fingerprint density at radius 2 is 1.78 bits per heavy atom. The van der Waals surface area contributed by atoms with Gasteiger partial charge in [-0.1, -0.05) is 0 Å². The maximum atomic E-state index is 10.4. The molecule has 2 radical (unpaired) electrons. The minimum atomic E-state index is -1.27. The van der Waals surface area contributed by atoms with Crippen molar-refractivity contribution in [2.24, 2.45) is 0 Å². The summed E-state index contributed by atoms with van der Waals surface area (Å²) in [7, 11) is 1.25. The molecular formula is C3H8O2S3Sn. The van der Waals surface area contributed by atoms with E-state index < -0.39 is 9.38 Å². The van der Waals surface area contributed by atoms with Crippen molar-refractivity contribution in [2.45, 2.75) is 3.41 Å². The quantitative estimate of drug-likeness (QED) is 0.267. The van der Waals surface area contributed by atoms with Gasteiger partial charge in [-0.2, -0.15) is 0 Å². The molecule has 2 nitrogen and oxygen atoms in total. The molecule has 0 spiro atoms. The van der Waals surface area contributed by atoms with E-state index >= 15 is 0 Å². The third-order valence-corrected chi connectivity index (χ3v) is 1.01. The van der Waals surface area contributed by atoms with E-state index in [1.54, 1.807) is 0 Å². The molecule has 0 aromatic carbocycles. The van der Waals surface area contributed by atoms with Gasteiger partial charge in [0, 0.05) is 0 Å². The molecule has 0 saturated carbocycles. The van der Waals surface area contributed by atoms with Crippen LogP contribution in [0, 0.1) is 0 Å². The molecule has 0 aliphatic carbocycles. The molecule has 0 rings (SSSR count). The summed E-state index contributed by atoms with van der Waals surface area (Å²) in [6.45, 7) is 0. The molecule has 0 fully saturated rings. The van der Waals surface area contributed by atoms with E-state index in [9.17, 15) is 4.79 Å². The first kappa shape index (κ1) is 12.9. The van der Waals surface area contributed by atoms with Gasteiger partial charge in [-0.05, 0) is 0 Å². The number of rotatable bonds is 1. The van der Waals surface area contributed by atoms with Crippen LogP contribution < -0.4 is 0 Å². The Kier molecular flexibility index (Phi) is 7.24. The average Bonchev–Trinajstić information content (AvgIpc) is 1.62. The number of hydrogen-bond acceptors (Lipinski definition) is 5. The zero-order valence-corrected chi connectivity index (χ0v) is 11.6. The van der Waals surface area contributed by atoms with Crippen LogP contribution in [0.15, 0.2) is 0 Å². The Hall–Kier alpha value is 1.32. The van der Waals surface area contributed by atoms with E-state index in [0.29, 0.717) is 0 Å². The molecule has 0 aliphatic rings. The zero-order chi connectivity index (χ0) is 6.78. The Bertz CT molecular complexity index is 99.7. The number of hydrogen-bond donors (Lipinski definition) is 3. The number of esters is 1. The SMILES string of the molecule is COC(=O)C(S)(S)S.[SnH2]. The normalized spacial score (nSPS) is 9.78. The van der Waals surface area contributed by atoms with Crippen LogP contribution in [0.3, 0.4) is 0 Å². The summed E-state index contributed by atoms with van der Waals surface area (Å²) >= 11 is 11.1. The fourth-order valence-electron chi connectivity index (χ4n) is 0.137. The standard InChI is InChI=1S/C3H6O2S3.Sn.2H/c1-5-2(4)3(6,7)8;;;/h6-8H,1H3;;;. The summed E-state index contributed by atoms with van der Waals surface area (Å²) < 4.78 is 2.98. The third kappa shape index (κ3) is 5.75. The van der Waals surface area contributed by atoms with Gasteiger partial charge in [0.2, 0.25) is 0 Å². The van der Waals surface area contributed by atoms with Crippen LogP contribution in [-0.2, 0) is 9.53 Å². The summed E-state index contributed by atoms with van der Waals surface area (Å²) in [6, 6.07) is 0. The van der Waals surface area contributed by atoms with Gasteiger partial charge < -0.3 is 4.74 Å². The van der Waals surface area contributed by atoms with Crippen molar-refractivity contribution in [1.29, 1.82) is 0 Å². The van der Waals surface area contributed by atoms with Crippen LogP contribution in [0.2, 0.25) is 0 Å². The van der Waals surface area contributed by atoms with Crippen LogP contribution in [0.25, 0.3) is 0 Å². The Morgan fingerprint density at radius 1 is 1.44 bits per heavy atom. The molecule has 0 unspecified atom stereocenters. The van der Waals surface area contributed by atoms with Crippen LogP contribution in [0.4, 0.5) is 0 Å². The first-order valence-electron chi connectivity index (χ1n) is 1.74. The van der Waals surface area contributed by atoms with E-state index in [1.165, 1.54) is 7.11 Å².